The predicted octanol–water partition coefficient (Wildman–Crippen LogP) is 0.335. The van der Waals surface area contributed by atoms with E-state index in [1.165, 1.54) is 22.8 Å². The molecule has 0 fully saturated rings. The van der Waals surface area contributed by atoms with Gasteiger partial charge in [0.15, 0.2) is 15.1 Å². The van der Waals surface area contributed by atoms with Gasteiger partial charge in [0.2, 0.25) is 0 Å². The number of halogens is 1. The third-order valence-corrected chi connectivity index (χ3v) is 5.02. The van der Waals surface area contributed by atoms with E-state index < -0.39 is 16.1 Å². The lowest BCUT2D eigenvalue weighted by Crippen LogP contribution is -2.41. The Morgan fingerprint density at radius 3 is 3.05 bits per heavy atom. The summed E-state index contributed by atoms with van der Waals surface area (Å²) in [5.41, 5.74) is 0. The summed E-state index contributed by atoms with van der Waals surface area (Å²) in [5.74, 6) is 0. The van der Waals surface area contributed by atoms with Gasteiger partial charge in [-0.05, 0) is 0 Å². The summed E-state index contributed by atoms with van der Waals surface area (Å²) in [7, 11) is -2.48. The van der Waals surface area contributed by atoms with Crippen LogP contribution in [0.15, 0.2) is 16.6 Å². The average molecular weight is 326 g/mol. The van der Waals surface area contributed by atoms with Gasteiger partial charge >= 0.3 is 0 Å². The first-order chi connectivity index (χ1) is 8.99. The van der Waals surface area contributed by atoms with Crippen molar-refractivity contribution in [2.45, 2.75) is 11.1 Å². The molecular weight excluding hydrogens is 314 g/mol. The number of ether oxygens (including phenoxy) is 1. The molecule has 0 saturated carbocycles. The molecule has 1 unspecified atom stereocenters. The number of rotatable bonds is 6. The first kappa shape index (κ1) is 14.7. The van der Waals surface area contributed by atoms with Crippen molar-refractivity contribution in [3.05, 3.63) is 16.7 Å². The number of imidazole rings is 1. The second-order valence-corrected chi connectivity index (χ2v) is 6.58. The van der Waals surface area contributed by atoms with Crippen LogP contribution in [0.2, 0.25) is 5.15 Å². The molecule has 0 aliphatic rings. The number of hydrogen-bond acceptors (Lipinski definition) is 6. The van der Waals surface area contributed by atoms with Crippen LogP contribution in [-0.2, 0) is 14.8 Å². The number of nitrogens with one attached hydrogen (secondary N) is 1. The average Bonchev–Trinajstić information content (AvgIpc) is 2.87. The van der Waals surface area contributed by atoms with Crippen molar-refractivity contribution in [3.63, 3.8) is 0 Å². The SMILES string of the molecule is COCC(CO)NS(=O)(=O)c1c(Cl)nc2sccn12. The zero-order valence-corrected chi connectivity index (χ0v) is 12.3. The zero-order chi connectivity index (χ0) is 14.0. The number of aliphatic hydroxyl groups is 1. The molecule has 10 heteroatoms. The van der Waals surface area contributed by atoms with E-state index in [0.29, 0.717) is 4.96 Å². The fraction of sp³-hybridized carbons (Fsp3) is 0.444. The Bertz CT molecular complexity index is 666. The van der Waals surface area contributed by atoms with E-state index in [1.807, 2.05) is 0 Å². The predicted molar refractivity (Wildman–Crippen MR) is 71.2 cm³/mol. The van der Waals surface area contributed by atoms with Crippen molar-refractivity contribution >= 4 is 37.9 Å². The van der Waals surface area contributed by atoms with Gasteiger partial charge in [0.25, 0.3) is 10.0 Å². The molecular formula is C9H12ClN3O4S2. The summed E-state index contributed by atoms with van der Waals surface area (Å²) in [6, 6.07) is -0.741. The molecule has 2 heterocycles. The minimum Gasteiger partial charge on any atom is -0.395 e. The van der Waals surface area contributed by atoms with Gasteiger partial charge in [-0.25, -0.2) is 18.1 Å². The first-order valence-electron chi connectivity index (χ1n) is 5.22. The molecule has 0 spiro atoms. The topological polar surface area (TPSA) is 92.9 Å². The molecule has 0 amide bonds. The Morgan fingerprint density at radius 1 is 1.68 bits per heavy atom. The van der Waals surface area contributed by atoms with Crippen LogP contribution in [-0.4, -0.2) is 49.3 Å². The van der Waals surface area contributed by atoms with Gasteiger partial charge in [-0.1, -0.05) is 11.6 Å². The molecule has 106 valence electrons. The molecule has 0 aliphatic carbocycles. The maximum atomic E-state index is 12.3. The highest BCUT2D eigenvalue weighted by Crippen LogP contribution is 2.25. The van der Waals surface area contributed by atoms with Gasteiger partial charge in [0.1, 0.15) is 0 Å². The van der Waals surface area contributed by atoms with Crippen LogP contribution >= 0.6 is 22.9 Å². The molecule has 0 radical (unpaired) electrons. The minimum absolute atomic E-state index is 0.0545. The summed E-state index contributed by atoms with van der Waals surface area (Å²) < 4.78 is 33.0. The number of hydrogen-bond donors (Lipinski definition) is 2. The third-order valence-electron chi connectivity index (χ3n) is 2.34. The van der Waals surface area contributed by atoms with Gasteiger partial charge in [0.05, 0.1) is 19.3 Å². The van der Waals surface area contributed by atoms with Crippen LogP contribution in [0.5, 0.6) is 0 Å². The Labute approximate surface area is 118 Å². The van der Waals surface area contributed by atoms with E-state index in [4.69, 9.17) is 21.4 Å². The molecule has 2 N–H and O–H groups in total. The number of aliphatic hydroxyl groups excluding tert-OH is 1. The number of methoxy groups -OCH3 is 1. The number of thiazole rings is 1. The highest BCUT2D eigenvalue weighted by Gasteiger charge is 2.27. The van der Waals surface area contributed by atoms with E-state index in [9.17, 15) is 8.42 Å². The van der Waals surface area contributed by atoms with Gasteiger partial charge in [-0.3, -0.25) is 4.40 Å². The van der Waals surface area contributed by atoms with Crippen LogP contribution < -0.4 is 4.72 Å². The van der Waals surface area contributed by atoms with Crippen molar-refractivity contribution in [1.29, 1.82) is 0 Å². The molecule has 0 bridgehead atoms. The van der Waals surface area contributed by atoms with Gasteiger partial charge in [-0.15, -0.1) is 11.3 Å². The van der Waals surface area contributed by atoms with E-state index in [0.717, 1.165) is 0 Å². The van der Waals surface area contributed by atoms with Crippen LogP contribution in [0.4, 0.5) is 0 Å². The second kappa shape index (κ2) is 5.73. The minimum atomic E-state index is -3.89. The van der Waals surface area contributed by atoms with Crippen LogP contribution in [0.3, 0.4) is 0 Å². The summed E-state index contributed by atoms with van der Waals surface area (Å²) >= 11 is 7.13. The number of fused-ring (bicyclic) bond motifs is 1. The standard InChI is InChI=1S/C9H12ClN3O4S2/c1-17-5-6(4-14)12-19(15,16)8-7(10)11-9-13(8)2-3-18-9/h2-3,6,12,14H,4-5H2,1H3. The van der Waals surface area contributed by atoms with E-state index in [-0.39, 0.29) is 23.4 Å². The highest BCUT2D eigenvalue weighted by molar-refractivity contribution is 7.89. The summed E-state index contributed by atoms with van der Waals surface area (Å²) in [5, 5.41) is 10.6. The van der Waals surface area contributed by atoms with Crippen LogP contribution in [0.25, 0.3) is 4.96 Å². The first-order valence-corrected chi connectivity index (χ1v) is 7.97. The Morgan fingerprint density at radius 2 is 2.42 bits per heavy atom. The summed E-state index contributed by atoms with van der Waals surface area (Å²) in [4.78, 5) is 4.44. The number of sulfonamides is 1. The van der Waals surface area contributed by atoms with E-state index >= 15 is 0 Å². The molecule has 0 aliphatic heterocycles. The molecule has 7 nitrogen and oxygen atoms in total. The lowest BCUT2D eigenvalue weighted by atomic mass is 10.4. The maximum Gasteiger partial charge on any atom is 0.260 e. The Hall–Kier alpha value is -0.710. The number of nitrogens with zero attached hydrogens (tertiary/aromatic N) is 2. The molecule has 1 atom stereocenters. The quantitative estimate of drug-likeness (QED) is 0.798. The van der Waals surface area contributed by atoms with Crippen molar-refractivity contribution in [3.8, 4) is 0 Å². The molecule has 0 aromatic carbocycles. The van der Waals surface area contributed by atoms with Crippen LogP contribution in [0.1, 0.15) is 0 Å². The second-order valence-electron chi connectivity index (χ2n) is 3.72. The monoisotopic (exact) mass is 325 g/mol. The van der Waals surface area contributed by atoms with Crippen LogP contribution in [0, 0.1) is 0 Å². The fourth-order valence-electron chi connectivity index (χ4n) is 1.58. The maximum absolute atomic E-state index is 12.3. The molecule has 2 aromatic rings. The van der Waals surface area contributed by atoms with Gasteiger partial charge in [-0.2, -0.15) is 0 Å². The van der Waals surface area contributed by atoms with Crippen molar-refractivity contribution in [1.82, 2.24) is 14.1 Å². The van der Waals surface area contributed by atoms with Crippen molar-refractivity contribution < 1.29 is 18.3 Å². The molecule has 0 saturated heterocycles. The highest BCUT2D eigenvalue weighted by atomic mass is 35.5. The molecule has 2 rings (SSSR count). The Kier molecular flexibility index (Phi) is 4.43. The third kappa shape index (κ3) is 2.91. The summed E-state index contributed by atoms with van der Waals surface area (Å²) in [6.07, 6.45) is 1.57. The largest absolute Gasteiger partial charge is 0.395 e. The normalized spacial score (nSPS) is 14.1. The van der Waals surface area contributed by atoms with Gasteiger partial charge < -0.3 is 9.84 Å². The number of aromatic nitrogens is 2. The smallest absolute Gasteiger partial charge is 0.260 e. The fourth-order valence-corrected chi connectivity index (χ4v) is 4.24. The van der Waals surface area contributed by atoms with Crippen molar-refractivity contribution in [2.24, 2.45) is 0 Å². The van der Waals surface area contributed by atoms with E-state index in [2.05, 4.69) is 9.71 Å². The molecule has 2 aromatic heterocycles. The summed E-state index contributed by atoms with van der Waals surface area (Å²) in [6.45, 7) is -0.324. The van der Waals surface area contributed by atoms with Gasteiger partial charge in [0, 0.05) is 18.7 Å². The van der Waals surface area contributed by atoms with Crippen molar-refractivity contribution in [2.75, 3.05) is 20.3 Å². The lowest BCUT2D eigenvalue weighted by molar-refractivity contribution is 0.139. The Balaban J connectivity index is 2.38. The van der Waals surface area contributed by atoms with E-state index in [1.54, 1.807) is 11.6 Å². The lowest BCUT2D eigenvalue weighted by Gasteiger charge is -2.14. The zero-order valence-electron chi connectivity index (χ0n) is 9.91. The molecule has 19 heavy (non-hydrogen) atoms.